The molecule has 0 saturated heterocycles. The Hall–Kier alpha value is -1.16. The van der Waals surface area contributed by atoms with Crippen molar-refractivity contribution in [2.45, 2.75) is 19.4 Å². The van der Waals surface area contributed by atoms with Crippen LogP contribution in [0.2, 0.25) is 0 Å². The highest BCUT2D eigenvalue weighted by molar-refractivity contribution is 5.88. The summed E-state index contributed by atoms with van der Waals surface area (Å²) in [7, 11) is 0. The molecule has 4 nitrogen and oxygen atoms in total. The molecule has 0 aromatic rings. The van der Waals surface area contributed by atoms with Crippen molar-refractivity contribution in [2.24, 2.45) is 0 Å². The lowest BCUT2D eigenvalue weighted by Gasteiger charge is -2.05. The van der Waals surface area contributed by atoms with Crippen LogP contribution < -0.4 is 0 Å². The maximum absolute atomic E-state index is 10.8. The summed E-state index contributed by atoms with van der Waals surface area (Å²) in [5.74, 6) is -0.571. The quantitative estimate of drug-likeness (QED) is 0.361. The Balaban J connectivity index is 3.86. The standard InChI is InChI=1S/C8H12O4/c1-3-12-8(11)6(2)4-7(10)5-9/h5,7,10H,2-4H2,1H3/t7-/m1/s1. The van der Waals surface area contributed by atoms with E-state index in [1.54, 1.807) is 6.92 Å². The van der Waals surface area contributed by atoms with E-state index in [2.05, 4.69) is 11.3 Å². The van der Waals surface area contributed by atoms with E-state index < -0.39 is 12.1 Å². The number of esters is 1. The van der Waals surface area contributed by atoms with E-state index in [0.29, 0.717) is 6.29 Å². The summed E-state index contributed by atoms with van der Waals surface area (Å²) in [5, 5.41) is 8.81. The van der Waals surface area contributed by atoms with Crippen molar-refractivity contribution in [3.05, 3.63) is 12.2 Å². The maximum atomic E-state index is 10.8. The van der Waals surface area contributed by atoms with E-state index in [1.165, 1.54) is 0 Å². The molecule has 1 atom stereocenters. The lowest BCUT2D eigenvalue weighted by atomic mass is 10.1. The van der Waals surface area contributed by atoms with Gasteiger partial charge in [0.05, 0.1) is 6.61 Å². The van der Waals surface area contributed by atoms with Crippen LogP contribution in [0, 0.1) is 0 Å². The van der Waals surface area contributed by atoms with Crippen LogP contribution in [0.4, 0.5) is 0 Å². The second-order valence-corrected chi connectivity index (χ2v) is 2.23. The molecule has 0 aromatic heterocycles. The molecule has 1 N–H and O–H groups in total. The summed E-state index contributed by atoms with van der Waals surface area (Å²) in [5.41, 5.74) is 0.108. The van der Waals surface area contributed by atoms with E-state index in [-0.39, 0.29) is 18.6 Å². The minimum Gasteiger partial charge on any atom is -0.463 e. The van der Waals surface area contributed by atoms with Crippen LogP contribution in [0.15, 0.2) is 12.2 Å². The molecular weight excluding hydrogens is 160 g/mol. The second kappa shape index (κ2) is 5.49. The van der Waals surface area contributed by atoms with Gasteiger partial charge in [0, 0.05) is 12.0 Å². The van der Waals surface area contributed by atoms with Gasteiger partial charge >= 0.3 is 5.97 Å². The molecule has 0 saturated carbocycles. The van der Waals surface area contributed by atoms with E-state index in [4.69, 9.17) is 5.11 Å². The normalized spacial score (nSPS) is 11.8. The first-order chi connectivity index (χ1) is 5.61. The van der Waals surface area contributed by atoms with Gasteiger partial charge in [0.2, 0.25) is 0 Å². The van der Waals surface area contributed by atoms with Gasteiger partial charge in [-0.2, -0.15) is 0 Å². The fourth-order valence-corrected chi connectivity index (χ4v) is 0.617. The topological polar surface area (TPSA) is 63.6 Å². The number of carbonyl (C=O) groups is 2. The van der Waals surface area contributed by atoms with Gasteiger partial charge < -0.3 is 14.6 Å². The molecule has 0 aliphatic rings. The van der Waals surface area contributed by atoms with Gasteiger partial charge in [-0.1, -0.05) is 6.58 Å². The first-order valence-corrected chi connectivity index (χ1v) is 3.60. The molecule has 0 amide bonds. The molecule has 0 spiro atoms. The average molecular weight is 172 g/mol. The molecule has 0 aliphatic carbocycles. The molecule has 0 unspecified atom stereocenters. The highest BCUT2D eigenvalue weighted by atomic mass is 16.5. The van der Waals surface area contributed by atoms with Crippen LogP contribution in [0.5, 0.6) is 0 Å². The van der Waals surface area contributed by atoms with Crippen LogP contribution in [-0.2, 0) is 14.3 Å². The first kappa shape index (κ1) is 10.8. The van der Waals surface area contributed by atoms with Crippen LogP contribution in [0.25, 0.3) is 0 Å². The van der Waals surface area contributed by atoms with Crippen molar-refractivity contribution >= 4 is 12.3 Å². The first-order valence-electron chi connectivity index (χ1n) is 3.60. The zero-order chi connectivity index (χ0) is 9.56. The van der Waals surface area contributed by atoms with Crippen molar-refractivity contribution < 1.29 is 19.4 Å². The Morgan fingerprint density at radius 3 is 2.75 bits per heavy atom. The van der Waals surface area contributed by atoms with E-state index in [0.717, 1.165) is 0 Å². The predicted molar refractivity (Wildman–Crippen MR) is 42.5 cm³/mol. The fraction of sp³-hybridized carbons (Fsp3) is 0.500. The molecule has 12 heavy (non-hydrogen) atoms. The zero-order valence-corrected chi connectivity index (χ0v) is 6.95. The summed E-state index contributed by atoms with van der Waals surface area (Å²) in [6.07, 6.45) is -0.880. The Bertz CT molecular complexity index is 185. The van der Waals surface area contributed by atoms with Gasteiger partial charge in [0.25, 0.3) is 0 Å². The predicted octanol–water partition coefficient (Wildman–Crippen LogP) is 0.0556. The highest BCUT2D eigenvalue weighted by Crippen LogP contribution is 2.03. The van der Waals surface area contributed by atoms with Crippen LogP contribution in [0.3, 0.4) is 0 Å². The minimum absolute atomic E-state index is 0.0671. The van der Waals surface area contributed by atoms with E-state index in [1.807, 2.05) is 0 Å². The Morgan fingerprint density at radius 1 is 1.75 bits per heavy atom. The Labute approximate surface area is 70.8 Å². The second-order valence-electron chi connectivity index (χ2n) is 2.23. The summed E-state index contributed by atoms with van der Waals surface area (Å²) in [6, 6.07) is 0. The molecule has 0 fully saturated rings. The number of aliphatic hydroxyl groups is 1. The molecule has 4 heteroatoms. The lowest BCUT2D eigenvalue weighted by molar-refractivity contribution is -0.138. The summed E-state index contributed by atoms with van der Waals surface area (Å²) in [4.78, 5) is 20.8. The van der Waals surface area contributed by atoms with Crippen molar-refractivity contribution in [1.29, 1.82) is 0 Å². The molecule has 0 aromatic carbocycles. The van der Waals surface area contributed by atoms with Gasteiger partial charge in [0.1, 0.15) is 12.4 Å². The van der Waals surface area contributed by atoms with Gasteiger partial charge in [-0.15, -0.1) is 0 Å². The van der Waals surface area contributed by atoms with Crippen LogP contribution >= 0.6 is 0 Å². The van der Waals surface area contributed by atoms with Crippen molar-refractivity contribution in [3.8, 4) is 0 Å². The monoisotopic (exact) mass is 172 g/mol. The SMILES string of the molecule is C=C(C[C@@H](O)C=O)C(=O)OCC. The number of aliphatic hydroxyl groups excluding tert-OH is 1. The van der Waals surface area contributed by atoms with Gasteiger partial charge in [-0.3, -0.25) is 0 Å². The van der Waals surface area contributed by atoms with Gasteiger partial charge in [0.15, 0.2) is 0 Å². The Morgan fingerprint density at radius 2 is 2.33 bits per heavy atom. The van der Waals surface area contributed by atoms with E-state index >= 15 is 0 Å². The fourth-order valence-electron chi connectivity index (χ4n) is 0.617. The number of rotatable bonds is 5. The summed E-state index contributed by atoms with van der Waals surface area (Å²) in [6.45, 7) is 5.29. The minimum atomic E-state index is -1.16. The molecule has 0 heterocycles. The Kier molecular flexibility index (Phi) is 4.96. The van der Waals surface area contributed by atoms with Crippen LogP contribution in [0.1, 0.15) is 13.3 Å². The third-order valence-electron chi connectivity index (χ3n) is 1.18. The smallest absolute Gasteiger partial charge is 0.333 e. The number of carbonyl (C=O) groups excluding carboxylic acids is 2. The van der Waals surface area contributed by atoms with Gasteiger partial charge in [-0.25, -0.2) is 4.79 Å². The van der Waals surface area contributed by atoms with E-state index in [9.17, 15) is 9.59 Å². The molecule has 0 radical (unpaired) electrons. The third-order valence-corrected chi connectivity index (χ3v) is 1.18. The molecular formula is C8H12O4. The highest BCUT2D eigenvalue weighted by Gasteiger charge is 2.11. The number of ether oxygens (including phenoxy) is 1. The van der Waals surface area contributed by atoms with Crippen molar-refractivity contribution in [1.82, 2.24) is 0 Å². The maximum Gasteiger partial charge on any atom is 0.333 e. The molecule has 0 rings (SSSR count). The van der Waals surface area contributed by atoms with Crippen molar-refractivity contribution in [3.63, 3.8) is 0 Å². The largest absolute Gasteiger partial charge is 0.463 e. The summed E-state index contributed by atoms with van der Waals surface area (Å²) < 4.78 is 4.58. The van der Waals surface area contributed by atoms with Gasteiger partial charge in [-0.05, 0) is 6.92 Å². The molecule has 0 aliphatic heterocycles. The summed E-state index contributed by atoms with van der Waals surface area (Å²) >= 11 is 0. The van der Waals surface area contributed by atoms with Crippen molar-refractivity contribution in [2.75, 3.05) is 6.61 Å². The average Bonchev–Trinajstić information content (AvgIpc) is 2.04. The lowest BCUT2D eigenvalue weighted by Crippen LogP contribution is -2.15. The number of hydrogen-bond donors (Lipinski definition) is 1. The number of aldehydes is 1. The third kappa shape index (κ3) is 3.88. The molecule has 0 bridgehead atoms. The number of hydrogen-bond acceptors (Lipinski definition) is 4. The van der Waals surface area contributed by atoms with Crippen LogP contribution in [-0.4, -0.2) is 30.1 Å². The zero-order valence-electron chi connectivity index (χ0n) is 6.95. The molecule has 68 valence electrons.